The van der Waals surface area contributed by atoms with Gasteiger partial charge < -0.3 is 9.73 Å². The van der Waals surface area contributed by atoms with Crippen LogP contribution < -0.4 is 5.32 Å². The number of furan rings is 1. The zero-order valence-corrected chi connectivity index (χ0v) is 9.29. The lowest BCUT2D eigenvalue weighted by atomic mass is 10.2. The molecule has 6 heteroatoms. The average molecular weight is 243 g/mol. The zero-order valence-electron chi connectivity index (χ0n) is 9.29. The van der Waals surface area contributed by atoms with Gasteiger partial charge in [0.1, 0.15) is 5.69 Å². The van der Waals surface area contributed by atoms with E-state index < -0.39 is 4.92 Å². The normalized spacial score (nSPS) is 9.72. The first-order valence-corrected chi connectivity index (χ1v) is 5.14. The molecule has 2 aromatic rings. The third-order valence-corrected chi connectivity index (χ3v) is 2.39. The first kappa shape index (κ1) is 11.7. The topological polar surface area (TPSA) is 92.1 Å². The monoisotopic (exact) mass is 243 g/mol. The molecule has 0 aliphatic carbocycles. The van der Waals surface area contributed by atoms with Crippen LogP contribution in [-0.4, -0.2) is 4.92 Å². The van der Waals surface area contributed by atoms with E-state index in [9.17, 15) is 10.1 Å². The summed E-state index contributed by atoms with van der Waals surface area (Å²) in [4.78, 5) is 10.4. The minimum Gasteiger partial charge on any atom is -0.472 e. The molecule has 0 saturated heterocycles. The van der Waals surface area contributed by atoms with E-state index in [0.29, 0.717) is 17.8 Å². The molecule has 0 atom stereocenters. The molecule has 0 bridgehead atoms. The Morgan fingerprint density at radius 3 is 2.89 bits per heavy atom. The lowest BCUT2D eigenvalue weighted by Crippen LogP contribution is -2.02. The van der Waals surface area contributed by atoms with Gasteiger partial charge >= 0.3 is 0 Å². The van der Waals surface area contributed by atoms with Gasteiger partial charge in [-0.05, 0) is 18.2 Å². The van der Waals surface area contributed by atoms with E-state index in [4.69, 9.17) is 9.68 Å². The predicted octanol–water partition coefficient (Wildman–Crippen LogP) is 2.67. The number of rotatable bonds is 4. The van der Waals surface area contributed by atoms with Gasteiger partial charge in [0.25, 0.3) is 5.69 Å². The molecule has 1 aromatic heterocycles. The molecule has 18 heavy (non-hydrogen) atoms. The second-order valence-corrected chi connectivity index (χ2v) is 3.59. The van der Waals surface area contributed by atoms with Crippen LogP contribution in [0, 0.1) is 21.4 Å². The maximum Gasteiger partial charge on any atom is 0.292 e. The Labute approximate surface area is 103 Å². The van der Waals surface area contributed by atoms with E-state index in [1.807, 2.05) is 6.07 Å². The quantitative estimate of drug-likeness (QED) is 0.658. The van der Waals surface area contributed by atoms with Gasteiger partial charge in [-0.2, -0.15) is 5.26 Å². The largest absolute Gasteiger partial charge is 0.472 e. The Bertz CT molecular complexity index is 600. The number of anilines is 1. The fourth-order valence-electron chi connectivity index (χ4n) is 1.50. The fraction of sp³-hybridized carbons (Fsp3) is 0.0833. The highest BCUT2D eigenvalue weighted by Gasteiger charge is 2.13. The summed E-state index contributed by atoms with van der Waals surface area (Å²) in [5, 5.41) is 22.5. The number of benzene rings is 1. The first-order chi connectivity index (χ1) is 8.70. The highest BCUT2D eigenvalue weighted by atomic mass is 16.6. The summed E-state index contributed by atoms with van der Waals surface area (Å²) < 4.78 is 4.90. The maximum absolute atomic E-state index is 10.8. The molecule has 0 saturated carbocycles. The Kier molecular flexibility index (Phi) is 3.25. The van der Waals surface area contributed by atoms with Gasteiger partial charge in [0.05, 0.1) is 29.1 Å². The van der Waals surface area contributed by atoms with Gasteiger partial charge in [-0.1, -0.05) is 0 Å². The van der Waals surface area contributed by atoms with Gasteiger partial charge in [0.15, 0.2) is 0 Å². The van der Waals surface area contributed by atoms with Gasteiger partial charge in [0, 0.05) is 18.2 Å². The summed E-state index contributed by atoms with van der Waals surface area (Å²) >= 11 is 0. The lowest BCUT2D eigenvalue weighted by molar-refractivity contribution is -0.384. The molecule has 0 fully saturated rings. The van der Waals surface area contributed by atoms with Crippen molar-refractivity contribution in [3.63, 3.8) is 0 Å². The van der Waals surface area contributed by atoms with E-state index in [-0.39, 0.29) is 5.69 Å². The van der Waals surface area contributed by atoms with Crippen molar-refractivity contribution in [3.8, 4) is 6.07 Å². The van der Waals surface area contributed by atoms with Crippen LogP contribution in [0.3, 0.4) is 0 Å². The summed E-state index contributed by atoms with van der Waals surface area (Å²) in [5.41, 5.74) is 1.50. The van der Waals surface area contributed by atoms with E-state index in [0.717, 1.165) is 5.56 Å². The predicted molar refractivity (Wildman–Crippen MR) is 63.8 cm³/mol. The van der Waals surface area contributed by atoms with Crippen molar-refractivity contribution in [2.75, 3.05) is 5.32 Å². The fourth-order valence-corrected chi connectivity index (χ4v) is 1.50. The van der Waals surface area contributed by atoms with Gasteiger partial charge in [-0.3, -0.25) is 10.1 Å². The van der Waals surface area contributed by atoms with Crippen LogP contribution in [0.5, 0.6) is 0 Å². The second-order valence-electron chi connectivity index (χ2n) is 3.59. The molecule has 0 radical (unpaired) electrons. The van der Waals surface area contributed by atoms with E-state index in [2.05, 4.69) is 5.32 Å². The number of nitrogens with zero attached hydrogens (tertiary/aromatic N) is 2. The van der Waals surface area contributed by atoms with Crippen molar-refractivity contribution in [3.05, 3.63) is 58.0 Å². The Hall–Kier alpha value is -2.81. The van der Waals surface area contributed by atoms with Gasteiger partial charge in [0.2, 0.25) is 0 Å². The first-order valence-electron chi connectivity index (χ1n) is 5.14. The van der Waals surface area contributed by atoms with Crippen molar-refractivity contribution in [2.45, 2.75) is 6.54 Å². The molecule has 6 nitrogen and oxygen atoms in total. The van der Waals surface area contributed by atoms with E-state index in [1.54, 1.807) is 12.3 Å². The summed E-state index contributed by atoms with van der Waals surface area (Å²) in [6.07, 6.45) is 3.07. The van der Waals surface area contributed by atoms with Crippen LogP contribution >= 0.6 is 0 Å². The molecular formula is C12H9N3O3. The maximum atomic E-state index is 10.8. The van der Waals surface area contributed by atoms with Crippen LogP contribution in [-0.2, 0) is 6.54 Å². The molecule has 0 spiro atoms. The van der Waals surface area contributed by atoms with E-state index >= 15 is 0 Å². The Balaban J connectivity index is 2.24. The number of nitriles is 1. The van der Waals surface area contributed by atoms with Crippen LogP contribution in [0.1, 0.15) is 11.1 Å². The Morgan fingerprint density at radius 1 is 1.44 bits per heavy atom. The second kappa shape index (κ2) is 5.01. The average Bonchev–Trinajstić information content (AvgIpc) is 2.88. The SMILES string of the molecule is N#Cc1ccc([N+](=O)[O-])c(NCc2ccoc2)c1. The van der Waals surface area contributed by atoms with Crippen molar-refractivity contribution >= 4 is 11.4 Å². The number of hydrogen-bond acceptors (Lipinski definition) is 5. The number of nitrogens with one attached hydrogen (secondary N) is 1. The Morgan fingerprint density at radius 2 is 2.28 bits per heavy atom. The number of nitro benzene ring substituents is 1. The third-order valence-electron chi connectivity index (χ3n) is 2.39. The third kappa shape index (κ3) is 2.47. The lowest BCUT2D eigenvalue weighted by Gasteiger charge is -2.05. The van der Waals surface area contributed by atoms with Gasteiger partial charge in [-0.15, -0.1) is 0 Å². The molecule has 2 rings (SSSR count). The summed E-state index contributed by atoms with van der Waals surface area (Å²) in [7, 11) is 0. The molecular weight excluding hydrogens is 234 g/mol. The molecule has 0 aliphatic rings. The smallest absolute Gasteiger partial charge is 0.292 e. The van der Waals surface area contributed by atoms with Crippen LogP contribution in [0.2, 0.25) is 0 Å². The summed E-state index contributed by atoms with van der Waals surface area (Å²) in [5.74, 6) is 0. The molecule has 1 aromatic carbocycles. The summed E-state index contributed by atoms with van der Waals surface area (Å²) in [6, 6.07) is 7.89. The molecule has 0 amide bonds. The molecule has 1 N–H and O–H groups in total. The molecule has 0 unspecified atom stereocenters. The zero-order chi connectivity index (χ0) is 13.0. The number of nitro groups is 1. The molecule has 1 heterocycles. The van der Waals surface area contributed by atoms with E-state index in [1.165, 1.54) is 24.5 Å². The molecule has 90 valence electrons. The minimum atomic E-state index is -0.487. The van der Waals surface area contributed by atoms with Crippen LogP contribution in [0.4, 0.5) is 11.4 Å². The van der Waals surface area contributed by atoms with Crippen molar-refractivity contribution in [2.24, 2.45) is 0 Å². The van der Waals surface area contributed by atoms with Crippen LogP contribution in [0.15, 0.2) is 41.2 Å². The molecule has 0 aliphatic heterocycles. The highest BCUT2D eigenvalue weighted by molar-refractivity contribution is 5.64. The van der Waals surface area contributed by atoms with Crippen LogP contribution in [0.25, 0.3) is 0 Å². The minimum absolute atomic E-state index is 0.0579. The standard InChI is InChI=1S/C12H9N3O3/c13-6-9-1-2-12(15(16)17)11(5-9)14-7-10-3-4-18-8-10/h1-5,8,14H,7H2. The van der Waals surface area contributed by atoms with Gasteiger partial charge in [-0.25, -0.2) is 0 Å². The highest BCUT2D eigenvalue weighted by Crippen LogP contribution is 2.25. The van der Waals surface area contributed by atoms with Crippen molar-refractivity contribution in [1.82, 2.24) is 0 Å². The van der Waals surface area contributed by atoms with Crippen molar-refractivity contribution < 1.29 is 9.34 Å². The van der Waals surface area contributed by atoms with Crippen molar-refractivity contribution in [1.29, 1.82) is 5.26 Å². The number of hydrogen-bond donors (Lipinski definition) is 1. The summed E-state index contributed by atoms with van der Waals surface area (Å²) in [6.45, 7) is 0.395.